The van der Waals surface area contributed by atoms with Gasteiger partial charge in [0.1, 0.15) is 0 Å². The number of carbonyl (C=O) groups is 1. The van der Waals surface area contributed by atoms with Crippen molar-refractivity contribution in [1.82, 2.24) is 20.1 Å². The fraction of sp³-hybridized carbons (Fsp3) is 0.500. The Morgan fingerprint density at radius 1 is 1.28 bits per heavy atom. The van der Waals surface area contributed by atoms with Crippen LogP contribution in [0.4, 0.5) is 0 Å². The normalized spacial score (nSPS) is 14.8. The van der Waals surface area contributed by atoms with E-state index in [9.17, 15) is 4.79 Å². The van der Waals surface area contributed by atoms with Crippen molar-refractivity contribution in [2.75, 3.05) is 5.75 Å². The summed E-state index contributed by atoms with van der Waals surface area (Å²) in [6.45, 7) is 2.93. The number of rotatable bonds is 7. The van der Waals surface area contributed by atoms with Crippen molar-refractivity contribution in [3.8, 4) is 11.4 Å². The first-order valence-electron chi connectivity index (χ1n) is 8.78. The first kappa shape index (κ1) is 18.3. The van der Waals surface area contributed by atoms with Crippen LogP contribution in [0.3, 0.4) is 0 Å². The van der Waals surface area contributed by atoms with E-state index >= 15 is 0 Å². The predicted octanol–water partition coefficient (Wildman–Crippen LogP) is 4.16. The molecule has 0 atom stereocenters. The Balaban J connectivity index is 1.68. The zero-order valence-electron chi connectivity index (χ0n) is 14.4. The largest absolute Gasteiger partial charge is 0.353 e. The van der Waals surface area contributed by atoms with E-state index in [1.54, 1.807) is 0 Å². The van der Waals surface area contributed by atoms with E-state index in [1.807, 2.05) is 24.3 Å². The van der Waals surface area contributed by atoms with Gasteiger partial charge >= 0.3 is 0 Å². The van der Waals surface area contributed by atoms with E-state index in [2.05, 4.69) is 27.0 Å². The average Bonchev–Trinajstić information content (AvgIpc) is 3.24. The second-order valence-electron chi connectivity index (χ2n) is 6.30. The van der Waals surface area contributed by atoms with Crippen LogP contribution in [-0.4, -0.2) is 32.5 Å². The molecule has 1 N–H and O–H groups in total. The molecule has 0 saturated heterocycles. The molecule has 0 bridgehead atoms. The van der Waals surface area contributed by atoms with Crippen LogP contribution in [-0.2, 0) is 11.3 Å². The number of amides is 1. The monoisotopic (exact) mass is 378 g/mol. The summed E-state index contributed by atoms with van der Waals surface area (Å²) < 4.78 is 2.08. The van der Waals surface area contributed by atoms with Crippen molar-refractivity contribution < 1.29 is 4.79 Å². The molecule has 1 saturated carbocycles. The molecular formula is C18H23ClN4OS. The van der Waals surface area contributed by atoms with Gasteiger partial charge in [-0.1, -0.05) is 43.1 Å². The Bertz CT molecular complexity index is 710. The quantitative estimate of drug-likeness (QED) is 0.735. The lowest BCUT2D eigenvalue weighted by Gasteiger charge is -2.12. The van der Waals surface area contributed by atoms with E-state index in [-0.39, 0.29) is 5.91 Å². The molecule has 1 heterocycles. The summed E-state index contributed by atoms with van der Waals surface area (Å²) >= 11 is 7.42. The lowest BCUT2D eigenvalue weighted by Crippen LogP contribution is -2.33. The topological polar surface area (TPSA) is 59.8 Å². The second kappa shape index (κ2) is 8.72. The molecule has 0 unspecified atom stereocenters. The van der Waals surface area contributed by atoms with Gasteiger partial charge in [-0.05, 0) is 43.5 Å². The Morgan fingerprint density at radius 2 is 2.00 bits per heavy atom. The summed E-state index contributed by atoms with van der Waals surface area (Å²) in [5.74, 6) is 1.27. The molecule has 0 spiro atoms. The van der Waals surface area contributed by atoms with Gasteiger partial charge in [0.05, 0.1) is 5.75 Å². The molecule has 0 radical (unpaired) electrons. The molecule has 0 aliphatic heterocycles. The summed E-state index contributed by atoms with van der Waals surface area (Å²) in [5.41, 5.74) is 0.979. The van der Waals surface area contributed by atoms with Gasteiger partial charge in [-0.2, -0.15) is 0 Å². The van der Waals surface area contributed by atoms with E-state index in [4.69, 9.17) is 11.6 Å². The van der Waals surface area contributed by atoms with Gasteiger partial charge in [0.15, 0.2) is 11.0 Å². The van der Waals surface area contributed by atoms with Crippen LogP contribution >= 0.6 is 23.4 Å². The highest BCUT2D eigenvalue weighted by Gasteiger charge is 2.19. The summed E-state index contributed by atoms with van der Waals surface area (Å²) in [7, 11) is 0. The Morgan fingerprint density at radius 3 is 2.68 bits per heavy atom. The number of benzene rings is 1. The van der Waals surface area contributed by atoms with Crippen LogP contribution in [0.5, 0.6) is 0 Å². The first-order chi connectivity index (χ1) is 12.2. The number of nitrogens with one attached hydrogen (secondary N) is 1. The highest BCUT2D eigenvalue weighted by atomic mass is 35.5. The molecule has 1 aromatic carbocycles. The number of nitrogens with zero attached hydrogens (tertiary/aromatic N) is 3. The third-order valence-electron chi connectivity index (χ3n) is 4.32. The SMILES string of the molecule is CCCn1c(SCC(=O)NC2CCCC2)nnc1-c1ccc(Cl)cc1. The van der Waals surface area contributed by atoms with Gasteiger partial charge in [0.2, 0.25) is 5.91 Å². The maximum atomic E-state index is 12.2. The number of thioether (sulfide) groups is 1. The Hall–Kier alpha value is -1.53. The average molecular weight is 379 g/mol. The van der Waals surface area contributed by atoms with Crippen molar-refractivity contribution in [3.05, 3.63) is 29.3 Å². The van der Waals surface area contributed by atoms with Gasteiger partial charge in [-0.15, -0.1) is 10.2 Å². The Labute approximate surface area is 157 Å². The van der Waals surface area contributed by atoms with Crippen molar-refractivity contribution in [2.24, 2.45) is 0 Å². The van der Waals surface area contributed by atoms with Crippen molar-refractivity contribution in [1.29, 1.82) is 0 Å². The van der Waals surface area contributed by atoms with Crippen LogP contribution in [0.2, 0.25) is 5.02 Å². The lowest BCUT2D eigenvalue weighted by atomic mass is 10.2. The summed E-state index contributed by atoms with van der Waals surface area (Å²) in [6.07, 6.45) is 5.60. The fourth-order valence-corrected chi connectivity index (χ4v) is 4.00. The summed E-state index contributed by atoms with van der Waals surface area (Å²) in [6, 6.07) is 7.94. The highest BCUT2D eigenvalue weighted by Crippen LogP contribution is 2.25. The smallest absolute Gasteiger partial charge is 0.230 e. The summed E-state index contributed by atoms with van der Waals surface area (Å²) in [5, 5.41) is 13.2. The number of hydrogen-bond acceptors (Lipinski definition) is 4. The third kappa shape index (κ3) is 4.76. The van der Waals surface area contributed by atoms with Gasteiger partial charge < -0.3 is 9.88 Å². The third-order valence-corrected chi connectivity index (χ3v) is 5.54. The van der Waals surface area contributed by atoms with E-state index in [0.29, 0.717) is 16.8 Å². The number of carbonyl (C=O) groups excluding carboxylic acids is 1. The molecule has 134 valence electrons. The van der Waals surface area contributed by atoms with E-state index in [0.717, 1.165) is 42.4 Å². The maximum Gasteiger partial charge on any atom is 0.230 e. The van der Waals surface area contributed by atoms with Gasteiger partial charge in [-0.3, -0.25) is 4.79 Å². The van der Waals surface area contributed by atoms with Crippen molar-refractivity contribution >= 4 is 29.3 Å². The maximum absolute atomic E-state index is 12.2. The van der Waals surface area contributed by atoms with Gasteiger partial charge in [0.25, 0.3) is 0 Å². The van der Waals surface area contributed by atoms with Crippen LogP contribution < -0.4 is 5.32 Å². The number of hydrogen-bond donors (Lipinski definition) is 1. The van der Waals surface area contributed by atoms with Crippen LogP contribution in [0, 0.1) is 0 Å². The van der Waals surface area contributed by atoms with E-state index in [1.165, 1.54) is 24.6 Å². The first-order valence-corrected chi connectivity index (χ1v) is 10.1. The Kier molecular flexibility index (Phi) is 6.37. The highest BCUT2D eigenvalue weighted by molar-refractivity contribution is 7.99. The van der Waals surface area contributed by atoms with Crippen LogP contribution in [0.1, 0.15) is 39.0 Å². The zero-order chi connectivity index (χ0) is 17.6. The molecule has 5 nitrogen and oxygen atoms in total. The molecule has 3 rings (SSSR count). The molecule has 1 amide bonds. The van der Waals surface area contributed by atoms with Crippen molar-refractivity contribution in [3.63, 3.8) is 0 Å². The zero-order valence-corrected chi connectivity index (χ0v) is 15.9. The molecule has 1 aliphatic carbocycles. The lowest BCUT2D eigenvalue weighted by molar-refractivity contribution is -0.119. The minimum Gasteiger partial charge on any atom is -0.353 e. The standard InChI is InChI=1S/C18H23ClN4OS/c1-2-11-23-17(13-7-9-14(19)10-8-13)21-22-18(23)25-12-16(24)20-15-5-3-4-6-15/h7-10,15H,2-6,11-12H2,1H3,(H,20,24). The predicted molar refractivity (Wildman–Crippen MR) is 102 cm³/mol. The van der Waals surface area contributed by atoms with Crippen LogP contribution in [0.15, 0.2) is 29.4 Å². The minimum absolute atomic E-state index is 0.0796. The molecule has 1 fully saturated rings. The second-order valence-corrected chi connectivity index (χ2v) is 7.68. The van der Waals surface area contributed by atoms with Gasteiger partial charge in [-0.25, -0.2) is 0 Å². The molecule has 1 aromatic heterocycles. The molecule has 25 heavy (non-hydrogen) atoms. The fourth-order valence-electron chi connectivity index (χ4n) is 3.10. The minimum atomic E-state index is 0.0796. The molecule has 1 aliphatic rings. The number of halogens is 1. The molecular weight excluding hydrogens is 356 g/mol. The molecule has 7 heteroatoms. The van der Waals surface area contributed by atoms with Crippen molar-refractivity contribution in [2.45, 2.75) is 56.8 Å². The summed E-state index contributed by atoms with van der Waals surface area (Å²) in [4.78, 5) is 12.2. The van der Waals surface area contributed by atoms with Gasteiger partial charge in [0, 0.05) is 23.2 Å². The molecule has 2 aromatic rings. The number of aromatic nitrogens is 3. The van der Waals surface area contributed by atoms with Crippen LogP contribution in [0.25, 0.3) is 11.4 Å². The van der Waals surface area contributed by atoms with E-state index < -0.39 is 0 Å².